The van der Waals surface area contributed by atoms with Gasteiger partial charge in [-0.25, -0.2) is 0 Å². The fourth-order valence-corrected chi connectivity index (χ4v) is 4.33. The molecule has 0 aromatic carbocycles. The lowest BCUT2D eigenvalue weighted by molar-refractivity contribution is 0.196. The van der Waals surface area contributed by atoms with E-state index < -0.39 is 0 Å². The van der Waals surface area contributed by atoms with E-state index in [1.54, 1.807) is 0 Å². The maximum atomic E-state index is 4.47. The summed E-state index contributed by atoms with van der Waals surface area (Å²) in [4.78, 5) is 11.4. The summed E-state index contributed by atoms with van der Waals surface area (Å²) >= 11 is 0. The molecule has 0 atom stereocenters. The van der Waals surface area contributed by atoms with E-state index in [-0.39, 0.29) is 24.0 Å². The number of hydrogen-bond acceptors (Lipinski definition) is 3. The average Bonchev–Trinajstić information content (AvgIpc) is 3.57. The standard InChI is InChI=1S/C21H33N5.HI/c1-22-21(24-14-20(16-5-6-16)17-7-8-17)25-18-9-12-26(13-10-18)15-19-4-2-3-11-23-19;/h2-4,11,16-18,20H,5-10,12-15H2,1H3,(H2,22,24,25);1H. The fourth-order valence-electron chi connectivity index (χ4n) is 4.33. The molecule has 150 valence electrons. The number of hydrogen-bond donors (Lipinski definition) is 2. The molecule has 0 radical (unpaired) electrons. The summed E-state index contributed by atoms with van der Waals surface area (Å²) in [5, 5.41) is 7.29. The highest BCUT2D eigenvalue weighted by atomic mass is 127. The Bertz CT molecular complexity index is 580. The van der Waals surface area contributed by atoms with E-state index in [2.05, 4.69) is 37.6 Å². The summed E-state index contributed by atoms with van der Waals surface area (Å²) in [6.45, 7) is 4.31. The fraction of sp³-hybridized carbons (Fsp3) is 0.714. The molecule has 4 rings (SSSR count). The van der Waals surface area contributed by atoms with Crippen molar-refractivity contribution in [1.29, 1.82) is 0 Å². The van der Waals surface area contributed by atoms with Gasteiger partial charge in [0.15, 0.2) is 5.96 Å². The van der Waals surface area contributed by atoms with E-state index in [1.165, 1.54) is 44.2 Å². The molecule has 0 bridgehead atoms. The van der Waals surface area contributed by atoms with Gasteiger partial charge in [0.2, 0.25) is 0 Å². The van der Waals surface area contributed by atoms with E-state index in [9.17, 15) is 0 Å². The second-order valence-electron chi connectivity index (χ2n) is 8.31. The summed E-state index contributed by atoms with van der Waals surface area (Å²) in [7, 11) is 1.90. The number of halogens is 1. The first-order chi connectivity index (χ1) is 12.8. The van der Waals surface area contributed by atoms with Crippen LogP contribution in [-0.4, -0.2) is 48.6 Å². The van der Waals surface area contributed by atoms with Gasteiger partial charge in [0, 0.05) is 45.5 Å². The SMILES string of the molecule is CN=C(NCC(C1CC1)C1CC1)NC1CCN(Cc2ccccn2)CC1.I. The summed E-state index contributed by atoms with van der Waals surface area (Å²) < 4.78 is 0. The molecule has 2 heterocycles. The number of nitrogens with one attached hydrogen (secondary N) is 2. The van der Waals surface area contributed by atoms with Crippen LogP contribution in [0.5, 0.6) is 0 Å². The number of rotatable bonds is 7. The Hall–Kier alpha value is -0.890. The van der Waals surface area contributed by atoms with E-state index in [4.69, 9.17) is 0 Å². The maximum absolute atomic E-state index is 4.47. The average molecular weight is 483 g/mol. The van der Waals surface area contributed by atoms with Crippen LogP contribution in [0.1, 0.15) is 44.2 Å². The van der Waals surface area contributed by atoms with Gasteiger partial charge in [0.25, 0.3) is 0 Å². The molecule has 1 aliphatic heterocycles. The van der Waals surface area contributed by atoms with Crippen molar-refractivity contribution in [2.75, 3.05) is 26.7 Å². The summed E-state index contributed by atoms with van der Waals surface area (Å²) in [5.41, 5.74) is 1.17. The van der Waals surface area contributed by atoms with Crippen LogP contribution in [0, 0.1) is 17.8 Å². The molecule has 0 amide bonds. The largest absolute Gasteiger partial charge is 0.356 e. The van der Waals surface area contributed by atoms with Crippen LogP contribution in [-0.2, 0) is 6.54 Å². The summed E-state index contributed by atoms with van der Waals surface area (Å²) in [5.74, 6) is 3.86. The van der Waals surface area contributed by atoms with Gasteiger partial charge in [-0.2, -0.15) is 0 Å². The smallest absolute Gasteiger partial charge is 0.191 e. The highest BCUT2D eigenvalue weighted by Crippen LogP contribution is 2.48. The zero-order valence-electron chi connectivity index (χ0n) is 16.4. The Balaban J connectivity index is 0.00000210. The lowest BCUT2D eigenvalue weighted by atomic mass is 9.98. The molecule has 1 aromatic rings. The number of guanidine groups is 1. The molecule has 27 heavy (non-hydrogen) atoms. The van der Waals surface area contributed by atoms with Gasteiger partial charge in [-0.3, -0.25) is 14.9 Å². The van der Waals surface area contributed by atoms with Crippen molar-refractivity contribution in [1.82, 2.24) is 20.5 Å². The van der Waals surface area contributed by atoms with Crippen molar-refractivity contribution in [2.24, 2.45) is 22.7 Å². The zero-order chi connectivity index (χ0) is 17.8. The summed E-state index contributed by atoms with van der Waals surface area (Å²) in [6.07, 6.45) is 10.0. The predicted molar refractivity (Wildman–Crippen MR) is 121 cm³/mol. The van der Waals surface area contributed by atoms with Crippen molar-refractivity contribution in [2.45, 2.75) is 51.1 Å². The van der Waals surface area contributed by atoms with Crippen molar-refractivity contribution in [3.05, 3.63) is 30.1 Å². The molecule has 5 nitrogen and oxygen atoms in total. The van der Waals surface area contributed by atoms with E-state index in [0.717, 1.165) is 49.9 Å². The summed E-state index contributed by atoms with van der Waals surface area (Å²) in [6, 6.07) is 6.70. The third-order valence-electron chi connectivity index (χ3n) is 6.22. The van der Waals surface area contributed by atoms with Gasteiger partial charge in [-0.05, 0) is 68.4 Å². The highest BCUT2D eigenvalue weighted by molar-refractivity contribution is 14.0. The van der Waals surface area contributed by atoms with Crippen molar-refractivity contribution >= 4 is 29.9 Å². The molecule has 0 unspecified atom stereocenters. The van der Waals surface area contributed by atoms with Gasteiger partial charge in [-0.15, -0.1) is 24.0 Å². The number of piperidine rings is 1. The van der Waals surface area contributed by atoms with Crippen LogP contribution in [0.4, 0.5) is 0 Å². The molecule has 1 aromatic heterocycles. The Morgan fingerprint density at radius 1 is 1.15 bits per heavy atom. The second-order valence-corrected chi connectivity index (χ2v) is 8.31. The number of pyridine rings is 1. The van der Waals surface area contributed by atoms with E-state index in [0.29, 0.717) is 6.04 Å². The normalized spacial score (nSPS) is 21.8. The Labute approximate surface area is 180 Å². The van der Waals surface area contributed by atoms with Crippen LogP contribution in [0.3, 0.4) is 0 Å². The van der Waals surface area contributed by atoms with Crippen LogP contribution in [0.15, 0.2) is 29.4 Å². The zero-order valence-corrected chi connectivity index (χ0v) is 18.8. The third-order valence-corrected chi connectivity index (χ3v) is 6.22. The van der Waals surface area contributed by atoms with E-state index >= 15 is 0 Å². The minimum Gasteiger partial charge on any atom is -0.356 e. The molecule has 0 spiro atoms. The lowest BCUT2D eigenvalue weighted by Crippen LogP contribution is -2.49. The minimum atomic E-state index is 0. The Morgan fingerprint density at radius 2 is 1.85 bits per heavy atom. The predicted octanol–water partition coefficient (Wildman–Crippen LogP) is 3.27. The third kappa shape index (κ3) is 6.31. The van der Waals surface area contributed by atoms with Crippen molar-refractivity contribution < 1.29 is 0 Å². The van der Waals surface area contributed by atoms with Crippen LogP contribution in [0.25, 0.3) is 0 Å². The van der Waals surface area contributed by atoms with E-state index in [1.807, 2.05) is 19.3 Å². The van der Waals surface area contributed by atoms with Crippen molar-refractivity contribution in [3.63, 3.8) is 0 Å². The highest BCUT2D eigenvalue weighted by Gasteiger charge is 2.41. The quantitative estimate of drug-likeness (QED) is 0.355. The van der Waals surface area contributed by atoms with Gasteiger partial charge in [0.05, 0.1) is 5.69 Å². The van der Waals surface area contributed by atoms with Gasteiger partial charge in [-0.1, -0.05) is 6.07 Å². The van der Waals surface area contributed by atoms with Crippen molar-refractivity contribution in [3.8, 4) is 0 Å². The maximum Gasteiger partial charge on any atom is 0.191 e. The minimum absolute atomic E-state index is 0. The number of aromatic nitrogens is 1. The molecule has 1 saturated heterocycles. The monoisotopic (exact) mass is 483 g/mol. The number of likely N-dealkylation sites (tertiary alicyclic amines) is 1. The molecule has 6 heteroatoms. The van der Waals surface area contributed by atoms with Gasteiger partial charge >= 0.3 is 0 Å². The molecular weight excluding hydrogens is 449 g/mol. The molecule has 3 aliphatic rings. The first-order valence-electron chi connectivity index (χ1n) is 10.4. The van der Waals surface area contributed by atoms with Crippen LogP contribution < -0.4 is 10.6 Å². The first-order valence-corrected chi connectivity index (χ1v) is 10.4. The topological polar surface area (TPSA) is 52.6 Å². The second kappa shape index (κ2) is 10.0. The van der Waals surface area contributed by atoms with Gasteiger partial charge in [0.1, 0.15) is 0 Å². The van der Waals surface area contributed by atoms with Crippen LogP contribution >= 0.6 is 24.0 Å². The van der Waals surface area contributed by atoms with Gasteiger partial charge < -0.3 is 10.6 Å². The number of nitrogens with zero attached hydrogens (tertiary/aromatic N) is 3. The lowest BCUT2D eigenvalue weighted by Gasteiger charge is -2.33. The molecule has 2 N–H and O–H groups in total. The van der Waals surface area contributed by atoms with Crippen LogP contribution in [0.2, 0.25) is 0 Å². The Kier molecular flexibility index (Phi) is 7.75. The molecule has 2 aliphatic carbocycles. The molecular formula is C21H34IN5. The first kappa shape index (κ1) is 20.8. The molecule has 3 fully saturated rings. The molecule has 2 saturated carbocycles. The Morgan fingerprint density at radius 3 is 2.41 bits per heavy atom. The number of aliphatic imine (C=N–C) groups is 1.